The number of rotatable bonds is 7. The number of benzene rings is 2. The molecule has 2 aromatic carbocycles. The Balaban J connectivity index is 1.39. The molecule has 0 fully saturated rings. The van der Waals surface area contributed by atoms with E-state index in [2.05, 4.69) is 15.6 Å². The van der Waals surface area contributed by atoms with Crippen molar-refractivity contribution in [3.63, 3.8) is 0 Å². The molecule has 8 nitrogen and oxygen atoms in total. The molecule has 0 saturated heterocycles. The molecule has 1 heterocycles. The number of aryl methyl sites for hydroxylation is 3. The highest BCUT2D eigenvalue weighted by atomic mass is 19.1. The number of hydrogen-bond donors (Lipinski definition) is 2. The lowest BCUT2D eigenvalue weighted by molar-refractivity contribution is -0.148. The molecule has 0 aliphatic rings. The van der Waals surface area contributed by atoms with E-state index >= 15 is 0 Å². The maximum Gasteiger partial charge on any atom is 0.325 e. The van der Waals surface area contributed by atoms with Crippen molar-refractivity contribution in [2.75, 3.05) is 11.9 Å². The van der Waals surface area contributed by atoms with E-state index in [4.69, 9.17) is 9.15 Å². The van der Waals surface area contributed by atoms with Crippen LogP contribution in [-0.2, 0) is 20.7 Å². The first-order valence-electron chi connectivity index (χ1n) is 9.84. The summed E-state index contributed by atoms with van der Waals surface area (Å²) >= 11 is 0. The van der Waals surface area contributed by atoms with E-state index in [0.29, 0.717) is 22.9 Å². The standard InChI is InChI=1S/C23H22FN3O5/c1-14-3-8-18(15(2)11-14)26-23(30)27-20(28)13-31-22(29)10-9-21-25-12-19(32-21)16-4-6-17(24)7-5-16/h3-8,11-12H,9-10,13H2,1-2H3,(H2,26,27,28,30). The Bertz CT molecular complexity index is 1120. The molecule has 0 aliphatic heterocycles. The Morgan fingerprint density at radius 2 is 1.84 bits per heavy atom. The van der Waals surface area contributed by atoms with E-state index in [0.717, 1.165) is 11.1 Å². The Morgan fingerprint density at radius 1 is 1.09 bits per heavy atom. The second kappa shape index (κ2) is 10.3. The van der Waals surface area contributed by atoms with Gasteiger partial charge < -0.3 is 14.5 Å². The van der Waals surface area contributed by atoms with Gasteiger partial charge in [0.2, 0.25) is 0 Å². The van der Waals surface area contributed by atoms with Crippen LogP contribution >= 0.6 is 0 Å². The molecule has 3 aromatic rings. The number of imide groups is 1. The van der Waals surface area contributed by atoms with E-state index in [1.807, 2.05) is 26.0 Å². The number of aromatic nitrogens is 1. The van der Waals surface area contributed by atoms with E-state index in [1.54, 1.807) is 18.2 Å². The van der Waals surface area contributed by atoms with Crippen molar-refractivity contribution in [2.45, 2.75) is 26.7 Å². The first-order chi connectivity index (χ1) is 15.3. The number of ether oxygens (including phenoxy) is 1. The fourth-order valence-corrected chi connectivity index (χ4v) is 2.87. The smallest absolute Gasteiger partial charge is 0.325 e. The molecule has 0 radical (unpaired) electrons. The Morgan fingerprint density at radius 3 is 2.56 bits per heavy atom. The molecule has 3 rings (SSSR count). The Hall–Kier alpha value is -4.01. The van der Waals surface area contributed by atoms with Gasteiger partial charge in [0, 0.05) is 17.7 Å². The van der Waals surface area contributed by atoms with Gasteiger partial charge in [-0.2, -0.15) is 0 Å². The van der Waals surface area contributed by atoms with Crippen molar-refractivity contribution in [1.29, 1.82) is 0 Å². The number of carbonyl (C=O) groups is 3. The number of anilines is 1. The highest BCUT2D eigenvalue weighted by Crippen LogP contribution is 2.21. The summed E-state index contributed by atoms with van der Waals surface area (Å²) in [5.41, 5.74) is 3.13. The summed E-state index contributed by atoms with van der Waals surface area (Å²) in [5.74, 6) is -1.00. The zero-order valence-electron chi connectivity index (χ0n) is 17.6. The number of amides is 3. The van der Waals surface area contributed by atoms with Gasteiger partial charge in [0.1, 0.15) is 5.82 Å². The first kappa shape index (κ1) is 22.7. The van der Waals surface area contributed by atoms with Gasteiger partial charge in [0.05, 0.1) is 12.6 Å². The minimum atomic E-state index is -0.754. The summed E-state index contributed by atoms with van der Waals surface area (Å²) in [6, 6.07) is 10.5. The summed E-state index contributed by atoms with van der Waals surface area (Å²) in [6.45, 7) is 3.18. The van der Waals surface area contributed by atoms with Crippen LogP contribution in [0.5, 0.6) is 0 Å². The highest BCUT2D eigenvalue weighted by molar-refractivity contribution is 6.02. The zero-order valence-corrected chi connectivity index (χ0v) is 17.6. The van der Waals surface area contributed by atoms with Gasteiger partial charge in [-0.25, -0.2) is 14.2 Å². The molecule has 0 aliphatic carbocycles. The summed E-state index contributed by atoms with van der Waals surface area (Å²) in [7, 11) is 0. The lowest BCUT2D eigenvalue weighted by Gasteiger charge is -2.10. The predicted octanol–water partition coefficient (Wildman–Crippen LogP) is 3.92. The van der Waals surface area contributed by atoms with Gasteiger partial charge in [-0.1, -0.05) is 17.7 Å². The second-order valence-corrected chi connectivity index (χ2v) is 7.11. The topological polar surface area (TPSA) is 111 Å². The van der Waals surface area contributed by atoms with Crippen LogP contribution in [0.3, 0.4) is 0 Å². The molecule has 0 unspecified atom stereocenters. The third-order valence-electron chi connectivity index (χ3n) is 4.47. The molecule has 0 bridgehead atoms. The summed E-state index contributed by atoms with van der Waals surface area (Å²) < 4.78 is 23.4. The molecule has 32 heavy (non-hydrogen) atoms. The number of urea groups is 1. The normalized spacial score (nSPS) is 10.5. The van der Waals surface area contributed by atoms with Gasteiger partial charge >= 0.3 is 12.0 Å². The predicted molar refractivity (Wildman–Crippen MR) is 114 cm³/mol. The van der Waals surface area contributed by atoms with Gasteiger partial charge in [-0.3, -0.25) is 14.9 Å². The van der Waals surface area contributed by atoms with Crippen molar-refractivity contribution < 1.29 is 27.9 Å². The van der Waals surface area contributed by atoms with Crippen molar-refractivity contribution in [3.8, 4) is 11.3 Å². The van der Waals surface area contributed by atoms with Crippen LogP contribution < -0.4 is 10.6 Å². The van der Waals surface area contributed by atoms with E-state index in [-0.39, 0.29) is 18.7 Å². The number of esters is 1. The number of nitrogens with one attached hydrogen (secondary N) is 2. The number of hydrogen-bond acceptors (Lipinski definition) is 6. The largest absolute Gasteiger partial charge is 0.456 e. The maximum atomic E-state index is 13.0. The lowest BCUT2D eigenvalue weighted by atomic mass is 10.1. The fourth-order valence-electron chi connectivity index (χ4n) is 2.87. The minimum Gasteiger partial charge on any atom is -0.456 e. The van der Waals surface area contributed by atoms with Crippen molar-refractivity contribution >= 4 is 23.6 Å². The maximum absolute atomic E-state index is 13.0. The van der Waals surface area contributed by atoms with Crippen LogP contribution in [0.1, 0.15) is 23.4 Å². The second-order valence-electron chi connectivity index (χ2n) is 7.11. The van der Waals surface area contributed by atoms with E-state index in [9.17, 15) is 18.8 Å². The highest BCUT2D eigenvalue weighted by Gasteiger charge is 2.14. The van der Waals surface area contributed by atoms with E-state index in [1.165, 1.54) is 18.3 Å². The zero-order chi connectivity index (χ0) is 23.1. The third-order valence-corrected chi connectivity index (χ3v) is 4.47. The molecular weight excluding hydrogens is 417 g/mol. The molecule has 2 N–H and O–H groups in total. The average molecular weight is 439 g/mol. The number of nitrogens with zero attached hydrogens (tertiary/aromatic N) is 1. The molecule has 9 heteroatoms. The van der Waals surface area contributed by atoms with Crippen LogP contribution in [0.25, 0.3) is 11.3 Å². The van der Waals surface area contributed by atoms with Crippen molar-refractivity contribution in [3.05, 3.63) is 71.5 Å². The number of halogens is 1. The van der Waals surface area contributed by atoms with E-state index < -0.39 is 24.5 Å². The fraction of sp³-hybridized carbons (Fsp3) is 0.217. The molecule has 0 saturated carbocycles. The number of oxazole rings is 1. The van der Waals surface area contributed by atoms with Crippen LogP contribution in [0.15, 0.2) is 53.1 Å². The molecule has 0 atom stereocenters. The molecule has 166 valence electrons. The van der Waals surface area contributed by atoms with Crippen LogP contribution in [0.4, 0.5) is 14.9 Å². The van der Waals surface area contributed by atoms with Crippen LogP contribution in [-0.4, -0.2) is 29.5 Å². The van der Waals surface area contributed by atoms with Crippen LogP contribution in [0.2, 0.25) is 0 Å². The first-order valence-corrected chi connectivity index (χ1v) is 9.84. The molecule has 3 amide bonds. The monoisotopic (exact) mass is 439 g/mol. The molecule has 1 aromatic heterocycles. The minimum absolute atomic E-state index is 0.0641. The lowest BCUT2D eigenvalue weighted by Crippen LogP contribution is -2.37. The SMILES string of the molecule is Cc1ccc(NC(=O)NC(=O)COC(=O)CCc2ncc(-c3ccc(F)cc3)o2)c(C)c1. The summed E-state index contributed by atoms with van der Waals surface area (Å²) in [6.07, 6.45) is 1.58. The van der Waals surface area contributed by atoms with Crippen LogP contribution in [0, 0.1) is 19.7 Å². The molecule has 0 spiro atoms. The Kier molecular flexibility index (Phi) is 7.33. The quantitative estimate of drug-likeness (QED) is 0.540. The van der Waals surface area contributed by atoms with Gasteiger partial charge in [0.25, 0.3) is 5.91 Å². The van der Waals surface area contributed by atoms with Crippen molar-refractivity contribution in [2.24, 2.45) is 0 Å². The van der Waals surface area contributed by atoms with Gasteiger partial charge in [-0.05, 0) is 49.7 Å². The third kappa shape index (κ3) is 6.49. The summed E-state index contributed by atoms with van der Waals surface area (Å²) in [4.78, 5) is 39.7. The Labute approximate surface area is 183 Å². The van der Waals surface area contributed by atoms with Gasteiger partial charge in [-0.15, -0.1) is 0 Å². The molecular formula is C23H22FN3O5. The van der Waals surface area contributed by atoms with Crippen molar-refractivity contribution in [1.82, 2.24) is 10.3 Å². The number of carbonyl (C=O) groups excluding carboxylic acids is 3. The summed E-state index contributed by atoms with van der Waals surface area (Å²) in [5, 5.41) is 4.67. The average Bonchev–Trinajstić information content (AvgIpc) is 3.22. The van der Waals surface area contributed by atoms with Gasteiger partial charge in [0.15, 0.2) is 18.3 Å².